The zero-order chi connectivity index (χ0) is 14.6. The second-order valence-corrected chi connectivity index (χ2v) is 6.96. The molecule has 1 fully saturated rings. The Morgan fingerprint density at radius 3 is 2.80 bits per heavy atom. The molecule has 0 aliphatic carbocycles. The van der Waals surface area contributed by atoms with Crippen LogP contribution in [0.15, 0.2) is 6.20 Å². The molecular weight excluding hydrogens is 250 g/mol. The summed E-state index contributed by atoms with van der Waals surface area (Å²) in [6.45, 7) is 12.8. The van der Waals surface area contributed by atoms with Crippen molar-refractivity contribution in [2.75, 3.05) is 13.1 Å². The fourth-order valence-corrected chi connectivity index (χ4v) is 2.61. The van der Waals surface area contributed by atoms with Crippen molar-refractivity contribution in [3.05, 3.63) is 11.9 Å². The van der Waals surface area contributed by atoms with Gasteiger partial charge in [-0.3, -0.25) is 9.58 Å². The first kappa shape index (κ1) is 15.4. The van der Waals surface area contributed by atoms with E-state index in [-0.39, 0.29) is 5.54 Å². The summed E-state index contributed by atoms with van der Waals surface area (Å²) in [7, 11) is 0. The topological polar surface area (TPSA) is 46.0 Å². The number of rotatable bonds is 5. The summed E-state index contributed by atoms with van der Waals surface area (Å²) in [5.74, 6) is 0. The third-order valence-corrected chi connectivity index (χ3v) is 3.94. The van der Waals surface area contributed by atoms with Crippen molar-refractivity contribution in [2.24, 2.45) is 0 Å². The van der Waals surface area contributed by atoms with E-state index in [1.165, 1.54) is 25.8 Å². The third kappa shape index (κ3) is 4.87. The molecule has 2 heterocycles. The van der Waals surface area contributed by atoms with Gasteiger partial charge in [-0.1, -0.05) is 11.6 Å². The highest BCUT2D eigenvalue weighted by molar-refractivity contribution is 4.93. The fraction of sp³-hybridized carbons (Fsp3) is 0.867. The highest BCUT2D eigenvalue weighted by Crippen LogP contribution is 2.15. The van der Waals surface area contributed by atoms with Crippen molar-refractivity contribution >= 4 is 0 Å². The Balaban J connectivity index is 1.77. The largest absolute Gasteiger partial charge is 0.306 e. The van der Waals surface area contributed by atoms with Crippen molar-refractivity contribution in [3.63, 3.8) is 0 Å². The van der Waals surface area contributed by atoms with Crippen LogP contribution in [0.1, 0.15) is 52.7 Å². The molecule has 1 aliphatic rings. The first-order valence-electron chi connectivity index (χ1n) is 7.82. The molecule has 0 amide bonds. The van der Waals surface area contributed by atoms with Gasteiger partial charge in [-0.05, 0) is 47.1 Å². The van der Waals surface area contributed by atoms with Crippen LogP contribution in [0, 0.1) is 0 Å². The number of aromatic nitrogens is 3. The molecule has 0 radical (unpaired) electrons. The van der Waals surface area contributed by atoms with E-state index in [0.29, 0.717) is 6.04 Å². The van der Waals surface area contributed by atoms with Gasteiger partial charge in [0.25, 0.3) is 0 Å². The smallest absolute Gasteiger partial charge is 0.0965 e. The lowest BCUT2D eigenvalue weighted by Crippen LogP contribution is -2.39. The second kappa shape index (κ2) is 6.68. The number of hydrogen-bond acceptors (Lipinski definition) is 4. The molecule has 1 atom stereocenters. The van der Waals surface area contributed by atoms with Crippen molar-refractivity contribution < 1.29 is 0 Å². The van der Waals surface area contributed by atoms with Crippen LogP contribution in [0.5, 0.6) is 0 Å². The summed E-state index contributed by atoms with van der Waals surface area (Å²) in [5, 5.41) is 11.9. The summed E-state index contributed by atoms with van der Waals surface area (Å²) >= 11 is 0. The van der Waals surface area contributed by atoms with Gasteiger partial charge in [-0.15, -0.1) is 5.10 Å². The molecular formula is C15H29N5. The molecule has 0 saturated carbocycles. The molecule has 5 nitrogen and oxygen atoms in total. The van der Waals surface area contributed by atoms with Crippen molar-refractivity contribution in [2.45, 2.75) is 71.6 Å². The van der Waals surface area contributed by atoms with E-state index in [1.54, 1.807) is 0 Å². The quantitative estimate of drug-likeness (QED) is 0.896. The van der Waals surface area contributed by atoms with Crippen LogP contribution in [0.3, 0.4) is 0 Å². The highest BCUT2D eigenvalue weighted by Gasteiger charge is 2.17. The van der Waals surface area contributed by atoms with Crippen LogP contribution in [-0.4, -0.2) is 44.6 Å². The Bertz CT molecular complexity index is 407. The van der Waals surface area contributed by atoms with Crippen molar-refractivity contribution in [1.82, 2.24) is 25.2 Å². The number of likely N-dealkylation sites (tertiary alicyclic amines) is 1. The van der Waals surface area contributed by atoms with Crippen LogP contribution >= 0.6 is 0 Å². The van der Waals surface area contributed by atoms with Gasteiger partial charge in [-0.2, -0.15) is 0 Å². The number of piperidine rings is 1. The Kier molecular flexibility index (Phi) is 5.16. The predicted molar refractivity (Wildman–Crippen MR) is 81.5 cm³/mol. The monoisotopic (exact) mass is 279 g/mol. The summed E-state index contributed by atoms with van der Waals surface area (Å²) in [4.78, 5) is 2.57. The van der Waals surface area contributed by atoms with E-state index in [4.69, 9.17) is 0 Å². The van der Waals surface area contributed by atoms with E-state index in [1.807, 2.05) is 4.68 Å². The van der Waals surface area contributed by atoms with E-state index in [9.17, 15) is 0 Å². The van der Waals surface area contributed by atoms with Gasteiger partial charge in [0.2, 0.25) is 0 Å². The Labute approximate surface area is 122 Å². The van der Waals surface area contributed by atoms with E-state index < -0.39 is 0 Å². The average Bonchev–Trinajstić information content (AvgIpc) is 2.83. The van der Waals surface area contributed by atoms with Crippen molar-refractivity contribution in [1.29, 1.82) is 0 Å². The summed E-state index contributed by atoms with van der Waals surface area (Å²) in [5.41, 5.74) is 1.14. The molecule has 1 N–H and O–H groups in total. The fourth-order valence-electron chi connectivity index (χ4n) is 2.61. The van der Waals surface area contributed by atoms with Gasteiger partial charge in [0.1, 0.15) is 0 Å². The van der Waals surface area contributed by atoms with E-state index >= 15 is 0 Å². The SMILES string of the molecule is CC1CCCCN1CCn1cc(CNC(C)(C)C)nn1. The van der Waals surface area contributed by atoms with Crippen LogP contribution in [-0.2, 0) is 13.1 Å². The lowest BCUT2D eigenvalue weighted by molar-refractivity contribution is 0.153. The summed E-state index contributed by atoms with van der Waals surface area (Å²) in [6, 6.07) is 0.717. The molecule has 1 unspecified atom stereocenters. The minimum absolute atomic E-state index is 0.118. The molecule has 1 aromatic rings. The van der Waals surface area contributed by atoms with Crippen LogP contribution in [0.2, 0.25) is 0 Å². The van der Waals surface area contributed by atoms with Crippen LogP contribution < -0.4 is 5.32 Å². The zero-order valence-electron chi connectivity index (χ0n) is 13.4. The molecule has 0 aromatic carbocycles. The number of hydrogen-bond donors (Lipinski definition) is 1. The summed E-state index contributed by atoms with van der Waals surface area (Å²) < 4.78 is 1.97. The molecule has 5 heteroatoms. The molecule has 1 aliphatic heterocycles. The standard InChI is InChI=1S/C15H29N5/c1-13-7-5-6-8-19(13)9-10-20-12-14(17-18-20)11-16-15(2,3)4/h12-13,16H,5-11H2,1-4H3. The lowest BCUT2D eigenvalue weighted by atomic mass is 10.0. The Morgan fingerprint density at radius 1 is 1.30 bits per heavy atom. The van der Waals surface area contributed by atoms with Gasteiger partial charge in [0.05, 0.1) is 12.2 Å². The van der Waals surface area contributed by atoms with Gasteiger partial charge in [-0.25, -0.2) is 0 Å². The van der Waals surface area contributed by atoms with Gasteiger partial charge >= 0.3 is 0 Å². The highest BCUT2D eigenvalue weighted by atomic mass is 15.4. The minimum atomic E-state index is 0.118. The number of nitrogens with zero attached hydrogens (tertiary/aromatic N) is 4. The summed E-state index contributed by atoms with van der Waals surface area (Å²) in [6.07, 6.45) is 6.11. The van der Waals surface area contributed by atoms with Crippen molar-refractivity contribution in [3.8, 4) is 0 Å². The minimum Gasteiger partial charge on any atom is -0.306 e. The zero-order valence-corrected chi connectivity index (χ0v) is 13.4. The van der Waals surface area contributed by atoms with E-state index in [2.05, 4.69) is 54.4 Å². The maximum atomic E-state index is 4.23. The normalized spacial score (nSPS) is 21.3. The lowest BCUT2D eigenvalue weighted by Gasteiger charge is -2.33. The Morgan fingerprint density at radius 2 is 2.10 bits per heavy atom. The third-order valence-electron chi connectivity index (χ3n) is 3.94. The molecule has 0 bridgehead atoms. The van der Waals surface area contributed by atoms with Gasteiger partial charge < -0.3 is 5.32 Å². The predicted octanol–water partition coefficient (Wildman–Crippen LogP) is 2.04. The van der Waals surface area contributed by atoms with Gasteiger partial charge in [0, 0.05) is 30.9 Å². The molecule has 1 aromatic heterocycles. The molecule has 114 valence electrons. The molecule has 1 saturated heterocycles. The maximum Gasteiger partial charge on any atom is 0.0965 e. The maximum absolute atomic E-state index is 4.23. The first-order valence-corrected chi connectivity index (χ1v) is 7.82. The average molecular weight is 279 g/mol. The molecule has 0 spiro atoms. The van der Waals surface area contributed by atoms with Crippen LogP contribution in [0.25, 0.3) is 0 Å². The van der Waals surface area contributed by atoms with Crippen LogP contribution in [0.4, 0.5) is 0 Å². The Hall–Kier alpha value is -0.940. The first-order chi connectivity index (χ1) is 9.44. The second-order valence-electron chi connectivity index (χ2n) is 6.96. The molecule has 2 rings (SSSR count). The molecule has 20 heavy (non-hydrogen) atoms. The number of nitrogens with one attached hydrogen (secondary N) is 1. The van der Waals surface area contributed by atoms with E-state index in [0.717, 1.165) is 25.3 Å². The van der Waals surface area contributed by atoms with Gasteiger partial charge in [0.15, 0.2) is 0 Å².